The summed E-state index contributed by atoms with van der Waals surface area (Å²) in [5.41, 5.74) is 0.780. The Kier molecular flexibility index (Phi) is 9.51. The van der Waals surface area contributed by atoms with Crippen molar-refractivity contribution in [2.24, 2.45) is 5.92 Å². The number of nitrogens with zero attached hydrogens (tertiary/aromatic N) is 1. The van der Waals surface area contributed by atoms with Crippen LogP contribution in [-0.2, 0) is 16.1 Å². The average molecular weight is 461 g/mol. The standard InChI is InChI=1S/C25H37FN4O3/c1-2-6-22(29-25(33)27-17-18-9-11-20(26)12-10-18)24(32)30-15-13-21(14-16-30)28-23(31)19-7-4-3-5-8-19/h9-12,19,21-22H,2-8,13-17H2,1H3,(H,28,31)(H2,27,29,33). The van der Waals surface area contributed by atoms with Gasteiger partial charge in [-0.1, -0.05) is 44.7 Å². The summed E-state index contributed by atoms with van der Waals surface area (Å²) in [6.45, 7) is 3.39. The lowest BCUT2D eigenvalue weighted by atomic mass is 9.88. The van der Waals surface area contributed by atoms with Crippen molar-refractivity contribution in [2.45, 2.75) is 83.3 Å². The molecule has 7 nitrogen and oxygen atoms in total. The van der Waals surface area contributed by atoms with E-state index >= 15 is 0 Å². The molecule has 0 spiro atoms. The quantitative estimate of drug-likeness (QED) is 0.555. The molecule has 8 heteroatoms. The third kappa shape index (κ3) is 7.72. The minimum Gasteiger partial charge on any atom is -0.353 e. The third-order valence-corrected chi connectivity index (χ3v) is 6.68. The fraction of sp³-hybridized carbons (Fsp3) is 0.640. The van der Waals surface area contributed by atoms with Crippen LogP contribution in [0.3, 0.4) is 0 Å². The highest BCUT2D eigenvalue weighted by Gasteiger charge is 2.30. The first-order chi connectivity index (χ1) is 16.0. The van der Waals surface area contributed by atoms with Crippen LogP contribution in [0.15, 0.2) is 24.3 Å². The second-order valence-electron chi connectivity index (χ2n) is 9.24. The molecule has 0 aromatic heterocycles. The van der Waals surface area contributed by atoms with Gasteiger partial charge in [0.15, 0.2) is 0 Å². The SMILES string of the molecule is CCCC(NC(=O)NCc1ccc(F)cc1)C(=O)N1CCC(NC(=O)C2CCCCC2)CC1. The van der Waals surface area contributed by atoms with E-state index < -0.39 is 12.1 Å². The second kappa shape index (κ2) is 12.6. The summed E-state index contributed by atoms with van der Waals surface area (Å²) in [6, 6.07) is 5.03. The molecule has 1 saturated heterocycles. The van der Waals surface area contributed by atoms with Gasteiger partial charge in [0.25, 0.3) is 0 Å². The summed E-state index contributed by atoms with van der Waals surface area (Å²) in [5, 5.41) is 8.72. The molecular formula is C25H37FN4O3. The molecule has 1 saturated carbocycles. The van der Waals surface area contributed by atoms with Crippen molar-refractivity contribution in [3.8, 4) is 0 Å². The molecule has 182 valence electrons. The molecule has 1 aromatic rings. The highest BCUT2D eigenvalue weighted by Crippen LogP contribution is 2.24. The van der Waals surface area contributed by atoms with Gasteiger partial charge < -0.3 is 20.9 Å². The number of benzene rings is 1. The summed E-state index contributed by atoms with van der Waals surface area (Å²) >= 11 is 0. The van der Waals surface area contributed by atoms with Gasteiger partial charge in [-0.15, -0.1) is 0 Å². The number of likely N-dealkylation sites (tertiary alicyclic amines) is 1. The third-order valence-electron chi connectivity index (χ3n) is 6.68. The maximum Gasteiger partial charge on any atom is 0.315 e. The zero-order valence-electron chi connectivity index (χ0n) is 19.6. The Bertz CT molecular complexity index is 787. The lowest BCUT2D eigenvalue weighted by molar-refractivity contribution is -0.134. The Morgan fingerprint density at radius 1 is 1.03 bits per heavy atom. The van der Waals surface area contributed by atoms with Gasteiger partial charge in [-0.25, -0.2) is 9.18 Å². The van der Waals surface area contributed by atoms with Gasteiger partial charge >= 0.3 is 6.03 Å². The van der Waals surface area contributed by atoms with E-state index in [2.05, 4.69) is 16.0 Å². The Morgan fingerprint density at radius 2 is 1.70 bits per heavy atom. The fourth-order valence-electron chi connectivity index (χ4n) is 4.69. The van der Waals surface area contributed by atoms with Crippen LogP contribution in [0.2, 0.25) is 0 Å². The first kappa shape index (κ1) is 25.0. The lowest BCUT2D eigenvalue weighted by Gasteiger charge is -2.35. The highest BCUT2D eigenvalue weighted by molar-refractivity contribution is 5.87. The van der Waals surface area contributed by atoms with Crippen molar-refractivity contribution < 1.29 is 18.8 Å². The van der Waals surface area contributed by atoms with Gasteiger partial charge in [0.1, 0.15) is 11.9 Å². The molecule has 1 unspecified atom stereocenters. The molecule has 1 aliphatic heterocycles. The van der Waals surface area contributed by atoms with E-state index in [1.807, 2.05) is 6.92 Å². The largest absolute Gasteiger partial charge is 0.353 e. The van der Waals surface area contributed by atoms with Gasteiger partial charge in [0.05, 0.1) is 0 Å². The zero-order chi connectivity index (χ0) is 23.6. The van der Waals surface area contributed by atoms with Crippen molar-refractivity contribution in [1.82, 2.24) is 20.9 Å². The van der Waals surface area contributed by atoms with E-state index in [-0.39, 0.29) is 36.1 Å². The summed E-state index contributed by atoms with van der Waals surface area (Å²) in [5.74, 6) is -0.0900. The number of piperidine rings is 1. The van der Waals surface area contributed by atoms with Crippen molar-refractivity contribution in [3.05, 3.63) is 35.6 Å². The first-order valence-corrected chi connectivity index (χ1v) is 12.3. The van der Waals surface area contributed by atoms with E-state index in [9.17, 15) is 18.8 Å². The highest BCUT2D eigenvalue weighted by atomic mass is 19.1. The van der Waals surface area contributed by atoms with Crippen LogP contribution in [-0.4, -0.2) is 47.9 Å². The molecule has 3 N–H and O–H groups in total. The zero-order valence-corrected chi connectivity index (χ0v) is 19.6. The van der Waals surface area contributed by atoms with E-state index in [0.717, 1.165) is 50.5 Å². The van der Waals surface area contributed by atoms with E-state index in [4.69, 9.17) is 0 Å². The van der Waals surface area contributed by atoms with Crippen molar-refractivity contribution >= 4 is 17.8 Å². The molecule has 1 atom stereocenters. The topological polar surface area (TPSA) is 90.5 Å². The number of urea groups is 1. The maximum absolute atomic E-state index is 13.1. The average Bonchev–Trinajstić information content (AvgIpc) is 2.84. The number of carbonyl (C=O) groups excluding carboxylic acids is 3. The Morgan fingerprint density at radius 3 is 2.33 bits per heavy atom. The number of rotatable bonds is 8. The molecule has 1 aromatic carbocycles. The second-order valence-corrected chi connectivity index (χ2v) is 9.24. The summed E-state index contributed by atoms with van der Waals surface area (Å²) in [7, 11) is 0. The molecule has 2 fully saturated rings. The van der Waals surface area contributed by atoms with Gasteiger partial charge in [-0.05, 0) is 49.8 Å². The van der Waals surface area contributed by atoms with Crippen LogP contribution in [0.25, 0.3) is 0 Å². The minimum absolute atomic E-state index is 0.0779. The van der Waals surface area contributed by atoms with Crippen LogP contribution in [0.4, 0.5) is 9.18 Å². The fourth-order valence-corrected chi connectivity index (χ4v) is 4.69. The molecular weight excluding hydrogens is 423 g/mol. The number of nitrogens with one attached hydrogen (secondary N) is 3. The van der Waals surface area contributed by atoms with Gasteiger partial charge in [0.2, 0.25) is 11.8 Å². The van der Waals surface area contributed by atoms with E-state index in [1.54, 1.807) is 17.0 Å². The number of hydrogen-bond acceptors (Lipinski definition) is 3. The molecule has 4 amide bonds. The van der Waals surface area contributed by atoms with Gasteiger partial charge in [0, 0.05) is 31.6 Å². The van der Waals surface area contributed by atoms with Gasteiger partial charge in [-0.2, -0.15) is 0 Å². The van der Waals surface area contributed by atoms with Crippen molar-refractivity contribution in [3.63, 3.8) is 0 Å². The Hall–Kier alpha value is -2.64. The molecule has 0 bridgehead atoms. The van der Waals surface area contributed by atoms with E-state index in [1.165, 1.54) is 18.6 Å². The lowest BCUT2D eigenvalue weighted by Crippen LogP contribution is -2.54. The van der Waals surface area contributed by atoms with Crippen molar-refractivity contribution in [2.75, 3.05) is 13.1 Å². The van der Waals surface area contributed by atoms with Crippen LogP contribution >= 0.6 is 0 Å². The number of hydrogen-bond donors (Lipinski definition) is 3. The monoisotopic (exact) mass is 460 g/mol. The van der Waals surface area contributed by atoms with E-state index in [0.29, 0.717) is 19.5 Å². The molecule has 0 radical (unpaired) electrons. The van der Waals surface area contributed by atoms with Crippen LogP contribution in [0.5, 0.6) is 0 Å². The van der Waals surface area contributed by atoms with Crippen molar-refractivity contribution in [1.29, 1.82) is 0 Å². The number of amides is 4. The molecule has 1 aliphatic carbocycles. The number of halogens is 1. The maximum atomic E-state index is 13.1. The number of carbonyl (C=O) groups is 3. The smallest absolute Gasteiger partial charge is 0.315 e. The summed E-state index contributed by atoms with van der Waals surface area (Å²) in [6.07, 6.45) is 8.25. The molecule has 3 rings (SSSR count). The summed E-state index contributed by atoms with van der Waals surface area (Å²) in [4.78, 5) is 39.7. The van der Waals surface area contributed by atoms with Crippen LogP contribution in [0, 0.1) is 11.7 Å². The molecule has 2 aliphatic rings. The predicted molar refractivity (Wildman–Crippen MR) is 125 cm³/mol. The predicted octanol–water partition coefficient (Wildman–Crippen LogP) is 3.48. The minimum atomic E-state index is -0.586. The Labute approximate surface area is 195 Å². The first-order valence-electron chi connectivity index (χ1n) is 12.3. The Balaban J connectivity index is 1.43. The van der Waals surface area contributed by atoms with Gasteiger partial charge in [-0.3, -0.25) is 9.59 Å². The molecule has 33 heavy (non-hydrogen) atoms. The normalized spacial score (nSPS) is 18.4. The van der Waals surface area contributed by atoms with Crippen LogP contribution in [0.1, 0.15) is 70.3 Å². The van der Waals surface area contributed by atoms with Crippen LogP contribution < -0.4 is 16.0 Å². The summed E-state index contributed by atoms with van der Waals surface area (Å²) < 4.78 is 13.0. The molecule has 1 heterocycles.